The summed E-state index contributed by atoms with van der Waals surface area (Å²) in [6.07, 6.45) is 2.89. The molecule has 0 bridgehead atoms. The van der Waals surface area contributed by atoms with Gasteiger partial charge >= 0.3 is 0 Å². The van der Waals surface area contributed by atoms with Crippen molar-refractivity contribution in [1.82, 2.24) is 13.9 Å². The topological polar surface area (TPSA) is 72.3 Å². The molecule has 2 aromatic rings. The highest BCUT2D eigenvalue weighted by Crippen LogP contribution is 2.14. The first-order chi connectivity index (χ1) is 9.41. The maximum Gasteiger partial charge on any atom is 0.253 e. The van der Waals surface area contributed by atoms with E-state index in [1.54, 1.807) is 12.1 Å². The third-order valence-electron chi connectivity index (χ3n) is 2.85. The second kappa shape index (κ2) is 5.56. The molecule has 1 aromatic heterocycles. The van der Waals surface area contributed by atoms with Crippen LogP contribution in [0.1, 0.15) is 5.56 Å². The quantitative estimate of drug-likeness (QED) is 0.825. The summed E-state index contributed by atoms with van der Waals surface area (Å²) in [5.41, 5.74) is 0.683. The van der Waals surface area contributed by atoms with Gasteiger partial charge in [0.2, 0.25) is 10.0 Å². The van der Waals surface area contributed by atoms with E-state index in [9.17, 15) is 13.2 Å². The molecule has 0 spiro atoms. The second-order valence-electron chi connectivity index (χ2n) is 4.48. The van der Waals surface area contributed by atoms with Crippen LogP contribution in [0.2, 0.25) is 0 Å². The summed E-state index contributed by atoms with van der Waals surface area (Å²) in [6, 6.07) is 7.83. The van der Waals surface area contributed by atoms with Crippen LogP contribution >= 0.6 is 0 Å². The number of aromatic nitrogens is 2. The molecule has 0 aliphatic carbocycles. The lowest BCUT2D eigenvalue weighted by Gasteiger charge is -2.11. The normalized spacial score (nSPS) is 11.8. The van der Waals surface area contributed by atoms with E-state index in [-0.39, 0.29) is 10.5 Å². The van der Waals surface area contributed by atoms with Crippen molar-refractivity contribution in [2.45, 2.75) is 11.4 Å². The smallest absolute Gasteiger partial charge is 0.253 e. The van der Waals surface area contributed by atoms with E-state index in [2.05, 4.69) is 4.98 Å². The van der Waals surface area contributed by atoms with E-state index < -0.39 is 10.0 Å². The number of rotatable bonds is 4. The Labute approximate surface area is 117 Å². The van der Waals surface area contributed by atoms with E-state index in [1.807, 2.05) is 0 Å². The molecule has 1 aromatic carbocycles. The van der Waals surface area contributed by atoms with Crippen molar-refractivity contribution < 1.29 is 8.42 Å². The lowest BCUT2D eigenvalue weighted by atomic mass is 10.2. The van der Waals surface area contributed by atoms with E-state index in [0.29, 0.717) is 6.54 Å². The maximum atomic E-state index is 11.9. The second-order valence-corrected chi connectivity index (χ2v) is 6.63. The molecule has 0 aliphatic heterocycles. The fraction of sp³-hybridized carbons (Fsp3) is 0.231. The predicted molar refractivity (Wildman–Crippen MR) is 74.9 cm³/mol. The van der Waals surface area contributed by atoms with Gasteiger partial charge in [-0.25, -0.2) is 17.7 Å². The first-order valence-electron chi connectivity index (χ1n) is 5.93. The van der Waals surface area contributed by atoms with Crippen molar-refractivity contribution in [2.24, 2.45) is 0 Å². The molecule has 0 fully saturated rings. The van der Waals surface area contributed by atoms with Crippen molar-refractivity contribution in [3.63, 3.8) is 0 Å². The molecule has 6 nitrogen and oxygen atoms in total. The van der Waals surface area contributed by atoms with Gasteiger partial charge in [0.1, 0.15) is 0 Å². The van der Waals surface area contributed by atoms with Crippen LogP contribution in [0, 0.1) is 0 Å². The van der Waals surface area contributed by atoms with Crippen molar-refractivity contribution in [3.05, 3.63) is 58.8 Å². The fourth-order valence-electron chi connectivity index (χ4n) is 1.67. The Morgan fingerprint density at radius 1 is 1.15 bits per heavy atom. The molecule has 0 amide bonds. The molecule has 106 valence electrons. The van der Waals surface area contributed by atoms with Gasteiger partial charge in [-0.15, -0.1) is 0 Å². The van der Waals surface area contributed by atoms with Crippen molar-refractivity contribution in [2.75, 3.05) is 14.1 Å². The van der Waals surface area contributed by atoms with Gasteiger partial charge in [-0.3, -0.25) is 9.36 Å². The van der Waals surface area contributed by atoms with Crippen LogP contribution < -0.4 is 5.56 Å². The maximum absolute atomic E-state index is 11.9. The van der Waals surface area contributed by atoms with Crippen molar-refractivity contribution in [1.29, 1.82) is 0 Å². The third kappa shape index (κ3) is 2.94. The number of hydrogen-bond donors (Lipinski definition) is 0. The molecule has 20 heavy (non-hydrogen) atoms. The molecule has 1 heterocycles. The molecule has 2 rings (SSSR count). The number of benzene rings is 1. The molecular formula is C13H15N3O3S. The molecule has 0 unspecified atom stereocenters. The average molecular weight is 293 g/mol. The summed E-state index contributed by atoms with van der Waals surface area (Å²) in [6.45, 7) is 0.356. The summed E-state index contributed by atoms with van der Waals surface area (Å²) in [5, 5.41) is 0. The van der Waals surface area contributed by atoms with Gasteiger partial charge in [-0.2, -0.15) is 0 Å². The Morgan fingerprint density at radius 3 is 2.35 bits per heavy atom. The van der Waals surface area contributed by atoms with Crippen LogP contribution in [0.4, 0.5) is 0 Å². The largest absolute Gasteiger partial charge is 0.295 e. The minimum atomic E-state index is -3.42. The fourth-order valence-corrected chi connectivity index (χ4v) is 2.57. The Morgan fingerprint density at radius 2 is 1.80 bits per heavy atom. The average Bonchev–Trinajstić information content (AvgIpc) is 2.42. The van der Waals surface area contributed by atoms with Gasteiger partial charge in [0.05, 0.1) is 17.8 Å². The van der Waals surface area contributed by atoms with Crippen LogP contribution in [0.15, 0.2) is 52.5 Å². The van der Waals surface area contributed by atoms with Crippen LogP contribution in [-0.2, 0) is 16.6 Å². The zero-order valence-corrected chi connectivity index (χ0v) is 12.0. The van der Waals surface area contributed by atoms with E-state index in [0.717, 1.165) is 9.87 Å². The van der Waals surface area contributed by atoms with Gasteiger partial charge in [-0.1, -0.05) is 12.1 Å². The zero-order chi connectivity index (χ0) is 14.8. The molecule has 0 aliphatic rings. The molecule has 0 atom stereocenters. The van der Waals surface area contributed by atoms with E-state index >= 15 is 0 Å². The summed E-state index contributed by atoms with van der Waals surface area (Å²) >= 11 is 0. The molecule has 0 saturated carbocycles. The van der Waals surface area contributed by atoms with Gasteiger partial charge in [-0.05, 0) is 17.7 Å². The molecule has 7 heteroatoms. The minimum absolute atomic E-state index is 0.148. The molecule has 0 N–H and O–H groups in total. The first kappa shape index (κ1) is 14.4. The summed E-state index contributed by atoms with van der Waals surface area (Å²) in [7, 11) is -0.453. The lowest BCUT2D eigenvalue weighted by Crippen LogP contribution is -2.22. The van der Waals surface area contributed by atoms with Crippen molar-refractivity contribution >= 4 is 10.0 Å². The monoisotopic (exact) mass is 293 g/mol. The third-order valence-corrected chi connectivity index (χ3v) is 4.68. The van der Waals surface area contributed by atoms with E-state index in [1.165, 1.54) is 49.4 Å². The Hall–Kier alpha value is -1.99. The predicted octanol–water partition coefficient (Wildman–Crippen LogP) is 0.542. The molecule has 0 radical (unpaired) electrons. The number of sulfonamides is 1. The standard InChI is InChI=1S/C13H15N3O3S/c1-15(2)20(18,19)12-5-3-11(4-6-12)9-16-10-14-8-7-13(16)17/h3-8,10H,9H2,1-2H3. The summed E-state index contributed by atoms with van der Waals surface area (Å²) in [5.74, 6) is 0. The Bertz CT molecular complexity index is 749. The van der Waals surface area contributed by atoms with Crippen molar-refractivity contribution in [3.8, 4) is 0 Å². The molecular weight excluding hydrogens is 278 g/mol. The van der Waals surface area contributed by atoms with E-state index in [4.69, 9.17) is 0 Å². The molecule has 0 saturated heterocycles. The lowest BCUT2D eigenvalue weighted by molar-refractivity contribution is 0.520. The van der Waals surface area contributed by atoms with Gasteiger partial charge < -0.3 is 0 Å². The Balaban J connectivity index is 2.26. The highest BCUT2D eigenvalue weighted by molar-refractivity contribution is 7.89. The highest BCUT2D eigenvalue weighted by Gasteiger charge is 2.16. The SMILES string of the molecule is CN(C)S(=O)(=O)c1ccc(Cn2cnccc2=O)cc1. The van der Waals surface area contributed by atoms with Crippen LogP contribution in [0.3, 0.4) is 0 Å². The van der Waals surface area contributed by atoms with Gasteiger partial charge in [0.25, 0.3) is 5.56 Å². The minimum Gasteiger partial charge on any atom is -0.295 e. The Kier molecular flexibility index (Phi) is 4.01. The summed E-state index contributed by atoms with van der Waals surface area (Å²) < 4.78 is 26.4. The van der Waals surface area contributed by atoms with Gasteiger partial charge in [0, 0.05) is 26.4 Å². The summed E-state index contributed by atoms with van der Waals surface area (Å²) in [4.78, 5) is 15.7. The zero-order valence-electron chi connectivity index (χ0n) is 11.2. The number of nitrogens with zero attached hydrogens (tertiary/aromatic N) is 3. The van der Waals surface area contributed by atoms with Crippen LogP contribution in [-0.4, -0.2) is 36.4 Å². The van der Waals surface area contributed by atoms with Gasteiger partial charge in [0.15, 0.2) is 0 Å². The van der Waals surface area contributed by atoms with Crippen LogP contribution in [0.25, 0.3) is 0 Å². The highest BCUT2D eigenvalue weighted by atomic mass is 32.2. The number of hydrogen-bond acceptors (Lipinski definition) is 4. The van der Waals surface area contributed by atoms with Crippen LogP contribution in [0.5, 0.6) is 0 Å². The first-order valence-corrected chi connectivity index (χ1v) is 7.37.